The maximum atomic E-state index is 13.5. The summed E-state index contributed by atoms with van der Waals surface area (Å²) >= 11 is 0. The second-order valence-corrected chi connectivity index (χ2v) is 9.28. The van der Waals surface area contributed by atoms with Gasteiger partial charge in [0.05, 0.1) is 5.41 Å². The SMILES string of the molecule is CC(C)(C(=O)N1CCC(C(=O)Nc2ccc3c(c2)OCO3)CC1)c1cccc2ccccc12. The van der Waals surface area contributed by atoms with Crippen LogP contribution in [0.4, 0.5) is 5.69 Å². The van der Waals surface area contributed by atoms with Gasteiger partial charge in [0.25, 0.3) is 0 Å². The summed E-state index contributed by atoms with van der Waals surface area (Å²) in [4.78, 5) is 28.3. The molecule has 0 saturated carbocycles. The third-order valence-corrected chi connectivity index (χ3v) is 6.79. The highest BCUT2D eigenvalue weighted by molar-refractivity contribution is 5.96. The van der Waals surface area contributed by atoms with Gasteiger partial charge in [0, 0.05) is 30.8 Å². The number of benzene rings is 3. The molecule has 0 aromatic heterocycles. The first-order valence-electron chi connectivity index (χ1n) is 11.4. The molecule has 170 valence electrons. The normalized spacial score (nSPS) is 16.1. The molecule has 5 rings (SSSR count). The lowest BCUT2D eigenvalue weighted by atomic mass is 9.79. The second-order valence-electron chi connectivity index (χ2n) is 9.28. The van der Waals surface area contributed by atoms with Crippen molar-refractivity contribution < 1.29 is 19.1 Å². The van der Waals surface area contributed by atoms with Gasteiger partial charge in [-0.1, -0.05) is 42.5 Å². The summed E-state index contributed by atoms with van der Waals surface area (Å²) in [7, 11) is 0. The lowest BCUT2D eigenvalue weighted by Crippen LogP contribution is -2.48. The molecule has 0 spiro atoms. The zero-order valence-corrected chi connectivity index (χ0v) is 19.0. The predicted molar refractivity (Wildman–Crippen MR) is 127 cm³/mol. The van der Waals surface area contributed by atoms with Gasteiger partial charge in [0.15, 0.2) is 11.5 Å². The number of hydrogen-bond acceptors (Lipinski definition) is 4. The zero-order valence-electron chi connectivity index (χ0n) is 19.0. The summed E-state index contributed by atoms with van der Waals surface area (Å²) < 4.78 is 10.7. The molecule has 0 radical (unpaired) electrons. The van der Waals surface area contributed by atoms with Gasteiger partial charge in [0.1, 0.15) is 0 Å². The molecule has 3 aromatic rings. The number of piperidine rings is 1. The summed E-state index contributed by atoms with van der Waals surface area (Å²) in [5, 5.41) is 5.23. The van der Waals surface area contributed by atoms with Crippen molar-refractivity contribution in [2.75, 3.05) is 25.2 Å². The minimum Gasteiger partial charge on any atom is -0.454 e. The fraction of sp³-hybridized carbons (Fsp3) is 0.333. The van der Waals surface area contributed by atoms with E-state index in [0.717, 1.165) is 16.3 Å². The van der Waals surface area contributed by atoms with E-state index in [2.05, 4.69) is 23.5 Å². The van der Waals surface area contributed by atoms with Crippen LogP contribution in [0, 0.1) is 5.92 Å². The minimum absolute atomic E-state index is 0.0192. The van der Waals surface area contributed by atoms with Crippen molar-refractivity contribution in [3.05, 3.63) is 66.2 Å². The fourth-order valence-electron chi connectivity index (χ4n) is 4.84. The Morgan fingerprint density at radius 2 is 1.67 bits per heavy atom. The molecule has 3 aromatic carbocycles. The first-order valence-corrected chi connectivity index (χ1v) is 11.4. The van der Waals surface area contributed by atoms with Crippen molar-refractivity contribution in [3.63, 3.8) is 0 Å². The number of rotatable bonds is 4. The second kappa shape index (κ2) is 8.43. The van der Waals surface area contributed by atoms with E-state index in [0.29, 0.717) is 43.1 Å². The highest BCUT2D eigenvalue weighted by Gasteiger charge is 2.37. The first-order chi connectivity index (χ1) is 15.9. The Kier molecular flexibility index (Phi) is 5.44. The molecule has 2 amide bonds. The molecule has 6 heteroatoms. The molecule has 0 aliphatic carbocycles. The van der Waals surface area contributed by atoms with Gasteiger partial charge >= 0.3 is 0 Å². The highest BCUT2D eigenvalue weighted by atomic mass is 16.7. The van der Waals surface area contributed by atoms with E-state index in [4.69, 9.17) is 9.47 Å². The number of amides is 2. The van der Waals surface area contributed by atoms with Crippen LogP contribution in [0.1, 0.15) is 32.3 Å². The topological polar surface area (TPSA) is 67.9 Å². The average molecular weight is 445 g/mol. The molecule has 0 atom stereocenters. The van der Waals surface area contributed by atoms with Gasteiger partial charge in [-0.25, -0.2) is 0 Å². The summed E-state index contributed by atoms with van der Waals surface area (Å²) in [6.45, 7) is 5.35. The van der Waals surface area contributed by atoms with Crippen LogP contribution in [-0.4, -0.2) is 36.6 Å². The van der Waals surface area contributed by atoms with Crippen LogP contribution in [0.15, 0.2) is 60.7 Å². The van der Waals surface area contributed by atoms with Gasteiger partial charge in [-0.15, -0.1) is 0 Å². The Morgan fingerprint density at radius 3 is 2.48 bits per heavy atom. The molecular formula is C27H28N2O4. The van der Waals surface area contributed by atoms with Crippen LogP contribution in [0.25, 0.3) is 10.8 Å². The van der Waals surface area contributed by atoms with Gasteiger partial charge < -0.3 is 19.7 Å². The van der Waals surface area contributed by atoms with Crippen LogP contribution in [0.3, 0.4) is 0 Å². The van der Waals surface area contributed by atoms with Gasteiger partial charge in [-0.05, 0) is 55.2 Å². The zero-order chi connectivity index (χ0) is 23.0. The Labute approximate surface area is 193 Å². The highest BCUT2D eigenvalue weighted by Crippen LogP contribution is 2.35. The quantitative estimate of drug-likeness (QED) is 0.632. The van der Waals surface area contributed by atoms with Crippen LogP contribution < -0.4 is 14.8 Å². The molecular weight excluding hydrogens is 416 g/mol. The number of anilines is 1. The van der Waals surface area contributed by atoms with E-state index in [1.54, 1.807) is 12.1 Å². The number of nitrogens with one attached hydrogen (secondary N) is 1. The summed E-state index contributed by atoms with van der Waals surface area (Å²) in [6.07, 6.45) is 1.29. The Bertz CT molecular complexity index is 1210. The van der Waals surface area contributed by atoms with E-state index < -0.39 is 5.41 Å². The van der Waals surface area contributed by atoms with E-state index >= 15 is 0 Å². The number of hydrogen-bond donors (Lipinski definition) is 1. The van der Waals surface area contributed by atoms with Crippen molar-refractivity contribution >= 4 is 28.3 Å². The predicted octanol–water partition coefficient (Wildman–Crippen LogP) is 4.72. The Hall–Kier alpha value is -3.54. The molecule has 1 fully saturated rings. The van der Waals surface area contributed by atoms with E-state index in [1.807, 2.05) is 49.1 Å². The number of fused-ring (bicyclic) bond motifs is 2. The number of likely N-dealkylation sites (tertiary alicyclic amines) is 1. The van der Waals surface area contributed by atoms with E-state index in [9.17, 15) is 9.59 Å². The molecule has 2 heterocycles. The number of ether oxygens (including phenoxy) is 2. The number of carbonyl (C=O) groups is 2. The smallest absolute Gasteiger partial charge is 0.232 e. The molecule has 0 bridgehead atoms. The van der Waals surface area contributed by atoms with Crippen LogP contribution >= 0.6 is 0 Å². The maximum Gasteiger partial charge on any atom is 0.232 e. The van der Waals surface area contributed by atoms with Crippen molar-refractivity contribution in [1.82, 2.24) is 4.90 Å². The summed E-state index contributed by atoms with van der Waals surface area (Å²) in [6, 6.07) is 19.7. The molecule has 2 aliphatic rings. The number of carbonyl (C=O) groups excluding carboxylic acids is 2. The molecule has 0 unspecified atom stereocenters. The standard InChI is InChI=1S/C27H28N2O4/c1-27(2,22-9-5-7-18-6-3-4-8-21(18)22)26(31)29-14-12-19(13-15-29)25(30)28-20-10-11-23-24(16-20)33-17-32-23/h3-11,16,19H,12-15,17H2,1-2H3,(H,28,30). The van der Waals surface area contributed by atoms with Crippen molar-refractivity contribution in [2.24, 2.45) is 5.92 Å². The lowest BCUT2D eigenvalue weighted by molar-refractivity contribution is -0.139. The maximum absolute atomic E-state index is 13.5. The van der Waals surface area contributed by atoms with E-state index in [1.165, 1.54) is 0 Å². The van der Waals surface area contributed by atoms with Crippen LogP contribution in [0.2, 0.25) is 0 Å². The molecule has 1 N–H and O–H groups in total. The molecule has 2 aliphatic heterocycles. The molecule has 6 nitrogen and oxygen atoms in total. The third-order valence-electron chi connectivity index (χ3n) is 6.79. The molecule has 1 saturated heterocycles. The Morgan fingerprint density at radius 1 is 0.939 bits per heavy atom. The van der Waals surface area contributed by atoms with Crippen LogP contribution in [-0.2, 0) is 15.0 Å². The van der Waals surface area contributed by atoms with Gasteiger partial charge in [-0.2, -0.15) is 0 Å². The lowest BCUT2D eigenvalue weighted by Gasteiger charge is -2.37. The number of nitrogens with zero attached hydrogens (tertiary/aromatic N) is 1. The third kappa shape index (κ3) is 4.01. The van der Waals surface area contributed by atoms with Crippen molar-refractivity contribution in [3.8, 4) is 11.5 Å². The van der Waals surface area contributed by atoms with Crippen molar-refractivity contribution in [1.29, 1.82) is 0 Å². The summed E-state index contributed by atoms with van der Waals surface area (Å²) in [5.41, 5.74) is 1.08. The largest absolute Gasteiger partial charge is 0.454 e. The van der Waals surface area contributed by atoms with Gasteiger partial charge in [0.2, 0.25) is 18.6 Å². The molecule has 33 heavy (non-hydrogen) atoms. The minimum atomic E-state index is -0.650. The summed E-state index contributed by atoms with van der Waals surface area (Å²) in [5.74, 6) is 1.29. The fourth-order valence-corrected chi connectivity index (χ4v) is 4.84. The van der Waals surface area contributed by atoms with Gasteiger partial charge in [-0.3, -0.25) is 9.59 Å². The monoisotopic (exact) mass is 444 g/mol. The average Bonchev–Trinajstić information content (AvgIpc) is 3.31. The van der Waals surface area contributed by atoms with Crippen LogP contribution in [0.5, 0.6) is 11.5 Å². The van der Waals surface area contributed by atoms with E-state index in [-0.39, 0.29) is 24.5 Å². The first kappa shape index (κ1) is 21.3. The Balaban J connectivity index is 1.24. The van der Waals surface area contributed by atoms with Crippen molar-refractivity contribution in [2.45, 2.75) is 32.1 Å².